The van der Waals surface area contributed by atoms with E-state index in [1.54, 1.807) is 4.90 Å². The van der Waals surface area contributed by atoms with Gasteiger partial charge in [0.2, 0.25) is 11.8 Å². The molecule has 2 aliphatic carbocycles. The molecule has 4 aliphatic rings. The first-order valence-corrected chi connectivity index (χ1v) is 11.7. The van der Waals surface area contributed by atoms with Crippen LogP contribution >= 0.6 is 0 Å². The number of anilines is 1. The van der Waals surface area contributed by atoms with Crippen molar-refractivity contribution in [2.75, 3.05) is 5.32 Å². The molecular formula is C24H32N4O3. The molecule has 31 heavy (non-hydrogen) atoms. The molecule has 4 N–H and O–H groups in total. The summed E-state index contributed by atoms with van der Waals surface area (Å²) < 4.78 is 0. The smallest absolute Gasteiger partial charge is 0.255 e. The number of hydrogen-bond acceptors (Lipinski definition) is 5. The zero-order valence-corrected chi connectivity index (χ0v) is 18.0. The summed E-state index contributed by atoms with van der Waals surface area (Å²) >= 11 is 0. The average Bonchev–Trinajstić information content (AvgIpc) is 3.52. The summed E-state index contributed by atoms with van der Waals surface area (Å²) in [5.41, 5.74) is 8.88. The fraction of sp³-hybridized carbons (Fsp3) is 0.625. The number of carbonyl (C=O) groups excluding carboxylic acids is 3. The minimum Gasteiger partial charge on any atom is -0.379 e. The van der Waals surface area contributed by atoms with Gasteiger partial charge in [-0.1, -0.05) is 18.9 Å². The predicted octanol–water partition coefficient (Wildman–Crippen LogP) is 2.69. The first-order chi connectivity index (χ1) is 14.9. The lowest BCUT2D eigenvalue weighted by atomic mass is 9.76. The molecule has 0 spiro atoms. The Morgan fingerprint density at radius 3 is 2.58 bits per heavy atom. The van der Waals surface area contributed by atoms with Gasteiger partial charge in [-0.25, -0.2) is 0 Å². The van der Waals surface area contributed by atoms with Crippen molar-refractivity contribution in [3.8, 4) is 0 Å². The Kier molecular flexibility index (Phi) is 5.24. The van der Waals surface area contributed by atoms with E-state index >= 15 is 0 Å². The van der Waals surface area contributed by atoms with E-state index in [0.29, 0.717) is 18.5 Å². The van der Waals surface area contributed by atoms with E-state index < -0.39 is 6.04 Å². The summed E-state index contributed by atoms with van der Waals surface area (Å²) in [5.74, 6) is 0.126. The normalized spacial score (nSPS) is 30.9. The number of nitrogens with one attached hydrogen (secondary N) is 2. The number of rotatable bonds is 6. The van der Waals surface area contributed by atoms with Crippen LogP contribution in [0.5, 0.6) is 0 Å². The zero-order valence-electron chi connectivity index (χ0n) is 18.0. The standard InChI is InChI=1S/C24H32N4O3/c25-16-9-12-24(13-10-16,11-8-15-4-5-15)27-19-3-1-2-17-18(19)14-28(23(17)31)20-6-7-21(29)26-22(20)30/h1-3,15-16,20,27H,4-14,25H2,(H,26,29,30). The third kappa shape index (κ3) is 4.07. The summed E-state index contributed by atoms with van der Waals surface area (Å²) in [6.07, 6.45) is 9.89. The van der Waals surface area contributed by atoms with Gasteiger partial charge in [0.25, 0.3) is 5.91 Å². The Balaban J connectivity index is 1.38. The fourth-order valence-electron chi connectivity index (χ4n) is 5.51. The third-order valence-electron chi connectivity index (χ3n) is 7.70. The molecule has 0 radical (unpaired) electrons. The summed E-state index contributed by atoms with van der Waals surface area (Å²) in [7, 11) is 0. The highest BCUT2D eigenvalue weighted by atomic mass is 16.2. The first kappa shape index (κ1) is 20.5. The van der Waals surface area contributed by atoms with Gasteiger partial charge in [-0.3, -0.25) is 19.7 Å². The second-order valence-corrected chi connectivity index (χ2v) is 9.96. The molecule has 7 heteroatoms. The van der Waals surface area contributed by atoms with Gasteiger partial charge in [-0.05, 0) is 63.0 Å². The summed E-state index contributed by atoms with van der Waals surface area (Å²) in [4.78, 5) is 38.7. The molecule has 0 bridgehead atoms. The van der Waals surface area contributed by atoms with Crippen molar-refractivity contribution in [1.29, 1.82) is 0 Å². The van der Waals surface area contributed by atoms with E-state index in [0.717, 1.165) is 49.3 Å². The van der Waals surface area contributed by atoms with Gasteiger partial charge in [0.05, 0.1) is 0 Å². The van der Waals surface area contributed by atoms with Gasteiger partial charge < -0.3 is 16.0 Å². The van der Waals surface area contributed by atoms with Crippen LogP contribution in [0.1, 0.15) is 80.1 Å². The van der Waals surface area contributed by atoms with Gasteiger partial charge in [0.1, 0.15) is 6.04 Å². The highest BCUT2D eigenvalue weighted by molar-refractivity contribution is 6.06. The summed E-state index contributed by atoms with van der Waals surface area (Å²) in [5, 5.41) is 6.25. The maximum Gasteiger partial charge on any atom is 0.255 e. The van der Waals surface area contributed by atoms with Crippen molar-refractivity contribution >= 4 is 23.4 Å². The van der Waals surface area contributed by atoms with E-state index in [9.17, 15) is 14.4 Å². The second kappa shape index (κ2) is 7.93. The molecule has 2 heterocycles. The number of carbonyl (C=O) groups is 3. The lowest BCUT2D eigenvalue weighted by molar-refractivity contribution is -0.136. The molecule has 1 aromatic rings. The van der Waals surface area contributed by atoms with Gasteiger partial charge in [0, 0.05) is 41.4 Å². The second-order valence-electron chi connectivity index (χ2n) is 9.96. The van der Waals surface area contributed by atoms with E-state index in [-0.39, 0.29) is 35.7 Å². The van der Waals surface area contributed by atoms with Gasteiger partial charge >= 0.3 is 0 Å². The highest BCUT2D eigenvalue weighted by Crippen LogP contribution is 2.42. The molecule has 1 atom stereocenters. The summed E-state index contributed by atoms with van der Waals surface area (Å²) in [6, 6.07) is 5.54. The number of benzene rings is 1. The SMILES string of the molecule is NC1CCC(CCC2CC2)(Nc2cccc3c2CN(C2CCC(=O)NC2=O)C3=O)CC1. The third-order valence-corrected chi connectivity index (χ3v) is 7.70. The van der Waals surface area contributed by atoms with E-state index in [1.807, 2.05) is 12.1 Å². The lowest BCUT2D eigenvalue weighted by Gasteiger charge is -2.41. The lowest BCUT2D eigenvalue weighted by Crippen LogP contribution is -2.52. The fourth-order valence-corrected chi connectivity index (χ4v) is 5.51. The maximum absolute atomic E-state index is 13.1. The number of imide groups is 1. The monoisotopic (exact) mass is 424 g/mol. The van der Waals surface area contributed by atoms with Crippen molar-refractivity contribution in [1.82, 2.24) is 10.2 Å². The van der Waals surface area contributed by atoms with Gasteiger partial charge in [-0.2, -0.15) is 0 Å². The average molecular weight is 425 g/mol. The van der Waals surface area contributed by atoms with Gasteiger partial charge in [0.15, 0.2) is 0 Å². The van der Waals surface area contributed by atoms with Crippen LogP contribution in [0.2, 0.25) is 0 Å². The number of nitrogens with zero attached hydrogens (tertiary/aromatic N) is 1. The molecule has 1 unspecified atom stereocenters. The van der Waals surface area contributed by atoms with E-state index in [1.165, 1.54) is 19.3 Å². The van der Waals surface area contributed by atoms with Crippen molar-refractivity contribution in [2.24, 2.45) is 11.7 Å². The topological polar surface area (TPSA) is 105 Å². The van der Waals surface area contributed by atoms with Crippen LogP contribution in [0.3, 0.4) is 0 Å². The quantitative estimate of drug-likeness (QED) is 0.609. The Morgan fingerprint density at radius 1 is 1.10 bits per heavy atom. The molecule has 5 rings (SSSR count). The number of fused-ring (bicyclic) bond motifs is 1. The molecule has 7 nitrogen and oxygen atoms in total. The molecule has 2 aliphatic heterocycles. The van der Waals surface area contributed by atoms with Crippen molar-refractivity contribution in [3.05, 3.63) is 29.3 Å². The molecule has 2 saturated carbocycles. The Labute approximate surface area is 183 Å². The minimum absolute atomic E-state index is 0.0265. The van der Waals surface area contributed by atoms with Crippen molar-refractivity contribution in [2.45, 2.75) is 88.4 Å². The van der Waals surface area contributed by atoms with Crippen LogP contribution < -0.4 is 16.4 Å². The zero-order chi connectivity index (χ0) is 21.6. The predicted molar refractivity (Wildman–Crippen MR) is 117 cm³/mol. The van der Waals surface area contributed by atoms with Crippen LogP contribution in [0, 0.1) is 5.92 Å². The molecule has 3 amide bonds. The van der Waals surface area contributed by atoms with Crippen LogP contribution in [0.4, 0.5) is 5.69 Å². The van der Waals surface area contributed by atoms with E-state index in [4.69, 9.17) is 5.73 Å². The van der Waals surface area contributed by atoms with Crippen molar-refractivity contribution in [3.63, 3.8) is 0 Å². The van der Waals surface area contributed by atoms with Crippen molar-refractivity contribution < 1.29 is 14.4 Å². The van der Waals surface area contributed by atoms with Crippen LogP contribution in [-0.2, 0) is 16.1 Å². The van der Waals surface area contributed by atoms with Gasteiger partial charge in [-0.15, -0.1) is 0 Å². The maximum atomic E-state index is 13.1. The summed E-state index contributed by atoms with van der Waals surface area (Å²) in [6.45, 7) is 0.405. The number of nitrogens with two attached hydrogens (primary N) is 1. The largest absolute Gasteiger partial charge is 0.379 e. The van der Waals surface area contributed by atoms with Crippen LogP contribution in [0.15, 0.2) is 18.2 Å². The number of hydrogen-bond donors (Lipinski definition) is 3. The molecule has 0 aromatic heterocycles. The number of piperidine rings is 1. The molecule has 166 valence electrons. The first-order valence-electron chi connectivity index (χ1n) is 11.7. The minimum atomic E-state index is -0.582. The van der Waals surface area contributed by atoms with Crippen LogP contribution in [-0.4, -0.2) is 40.2 Å². The molecular weight excluding hydrogens is 392 g/mol. The number of amides is 3. The Bertz CT molecular complexity index is 902. The molecule has 3 fully saturated rings. The highest BCUT2D eigenvalue weighted by Gasteiger charge is 2.41. The van der Waals surface area contributed by atoms with E-state index in [2.05, 4.69) is 16.7 Å². The molecule has 1 aromatic carbocycles. The Hall–Kier alpha value is -2.41. The molecule has 1 saturated heterocycles. The van der Waals surface area contributed by atoms with Crippen LogP contribution in [0.25, 0.3) is 0 Å². The Morgan fingerprint density at radius 2 is 1.87 bits per heavy atom.